The molecule has 5 heteroatoms. The van der Waals surface area contributed by atoms with Crippen molar-refractivity contribution in [2.45, 2.75) is 25.9 Å². The Kier molecular flexibility index (Phi) is 4.16. The summed E-state index contributed by atoms with van der Waals surface area (Å²) in [6.45, 7) is 4.03. The van der Waals surface area contributed by atoms with E-state index in [2.05, 4.69) is 18.3 Å². The Hall–Kier alpha value is -1.17. The van der Waals surface area contributed by atoms with Crippen LogP contribution in [0.3, 0.4) is 0 Å². The number of rotatable bonds is 4. The molecule has 3 N–H and O–H groups in total. The van der Waals surface area contributed by atoms with Crippen molar-refractivity contribution in [3.8, 4) is 0 Å². The smallest absolute Gasteiger partial charge is 0.242 e. The molecule has 0 radical (unpaired) electrons. The Morgan fingerprint density at radius 3 is 2.67 bits per heavy atom. The van der Waals surface area contributed by atoms with Gasteiger partial charge in [-0.3, -0.25) is 4.79 Å². The third-order valence-electron chi connectivity index (χ3n) is 2.68. The summed E-state index contributed by atoms with van der Waals surface area (Å²) in [6, 6.07) is 7.31. The summed E-state index contributed by atoms with van der Waals surface area (Å²) >= 11 is 3.20. The molecule has 2 aromatic heterocycles. The van der Waals surface area contributed by atoms with Gasteiger partial charge in [-0.1, -0.05) is 6.07 Å². The van der Waals surface area contributed by atoms with Crippen molar-refractivity contribution in [2.75, 3.05) is 0 Å². The minimum atomic E-state index is -0.575. The van der Waals surface area contributed by atoms with Gasteiger partial charge in [0.15, 0.2) is 0 Å². The monoisotopic (exact) mass is 280 g/mol. The molecule has 0 aliphatic rings. The molecular weight excluding hydrogens is 264 g/mol. The molecule has 96 valence electrons. The summed E-state index contributed by atoms with van der Waals surface area (Å²) in [7, 11) is 0. The quantitative estimate of drug-likeness (QED) is 0.904. The van der Waals surface area contributed by atoms with E-state index in [1.165, 1.54) is 16.2 Å². The number of nitrogens with two attached hydrogens (primary N) is 1. The number of carbonyl (C=O) groups excluding carboxylic acids is 1. The fourth-order valence-corrected chi connectivity index (χ4v) is 3.26. The molecule has 2 unspecified atom stereocenters. The van der Waals surface area contributed by atoms with Crippen LogP contribution in [0.5, 0.6) is 0 Å². The van der Waals surface area contributed by atoms with Gasteiger partial charge in [-0.05, 0) is 37.4 Å². The minimum absolute atomic E-state index is 0.00205. The molecule has 0 bridgehead atoms. The van der Waals surface area contributed by atoms with Gasteiger partial charge < -0.3 is 11.1 Å². The minimum Gasteiger partial charge on any atom is -0.347 e. The third-order valence-corrected chi connectivity index (χ3v) is 4.82. The molecule has 0 fully saturated rings. The van der Waals surface area contributed by atoms with Crippen molar-refractivity contribution in [2.24, 2.45) is 5.73 Å². The summed E-state index contributed by atoms with van der Waals surface area (Å²) in [5.41, 5.74) is 5.92. The predicted molar refractivity (Wildman–Crippen MR) is 76.9 cm³/mol. The highest BCUT2D eigenvalue weighted by Gasteiger charge is 2.19. The van der Waals surface area contributed by atoms with Crippen LogP contribution in [0.2, 0.25) is 0 Å². The van der Waals surface area contributed by atoms with E-state index in [1.807, 2.05) is 30.5 Å². The van der Waals surface area contributed by atoms with E-state index in [9.17, 15) is 4.79 Å². The first kappa shape index (κ1) is 13.3. The van der Waals surface area contributed by atoms with Crippen molar-refractivity contribution in [3.63, 3.8) is 0 Å². The lowest BCUT2D eigenvalue weighted by Crippen LogP contribution is -2.35. The molecule has 3 nitrogen and oxygen atoms in total. The summed E-state index contributed by atoms with van der Waals surface area (Å²) in [5.74, 6) is -0.129. The van der Waals surface area contributed by atoms with Crippen LogP contribution >= 0.6 is 22.7 Å². The van der Waals surface area contributed by atoms with Crippen LogP contribution in [0.1, 0.15) is 33.6 Å². The Morgan fingerprint density at radius 2 is 2.11 bits per heavy atom. The van der Waals surface area contributed by atoms with Gasteiger partial charge in [0.2, 0.25) is 5.91 Å². The van der Waals surface area contributed by atoms with Crippen molar-refractivity contribution in [1.82, 2.24) is 5.32 Å². The lowest BCUT2D eigenvalue weighted by Gasteiger charge is -2.15. The van der Waals surface area contributed by atoms with Crippen molar-refractivity contribution in [3.05, 3.63) is 44.3 Å². The van der Waals surface area contributed by atoms with Crippen molar-refractivity contribution < 1.29 is 4.79 Å². The molecule has 2 rings (SSSR count). The Labute approximate surface area is 115 Å². The summed E-state index contributed by atoms with van der Waals surface area (Å²) < 4.78 is 0. The molecule has 1 amide bonds. The van der Waals surface area contributed by atoms with E-state index in [1.54, 1.807) is 11.3 Å². The predicted octanol–water partition coefficient (Wildman–Crippen LogP) is 3.00. The van der Waals surface area contributed by atoms with Crippen LogP contribution < -0.4 is 11.1 Å². The highest BCUT2D eigenvalue weighted by molar-refractivity contribution is 7.12. The van der Waals surface area contributed by atoms with Crippen LogP contribution in [0.4, 0.5) is 0 Å². The molecule has 2 atom stereocenters. The van der Waals surface area contributed by atoms with Crippen LogP contribution in [0.25, 0.3) is 0 Å². The lowest BCUT2D eigenvalue weighted by molar-refractivity contribution is -0.123. The van der Waals surface area contributed by atoms with Gasteiger partial charge in [-0.25, -0.2) is 0 Å². The molecule has 18 heavy (non-hydrogen) atoms. The molecule has 0 aromatic carbocycles. The number of carbonyl (C=O) groups is 1. The fourth-order valence-electron chi connectivity index (χ4n) is 1.66. The zero-order valence-electron chi connectivity index (χ0n) is 10.3. The molecule has 2 heterocycles. The first-order valence-corrected chi connectivity index (χ1v) is 7.43. The van der Waals surface area contributed by atoms with Crippen molar-refractivity contribution >= 4 is 28.6 Å². The number of hydrogen-bond donors (Lipinski definition) is 2. The van der Waals surface area contributed by atoms with Crippen LogP contribution in [0, 0.1) is 6.92 Å². The van der Waals surface area contributed by atoms with Gasteiger partial charge in [-0.15, -0.1) is 22.7 Å². The standard InChI is InChI=1S/C13H16N2OS2/c1-8-5-6-10(18-8)9(2)15-13(16)12(14)11-4-3-7-17-11/h3-7,9,12H,14H2,1-2H3,(H,15,16). The maximum absolute atomic E-state index is 12.0. The van der Waals surface area contributed by atoms with E-state index in [-0.39, 0.29) is 11.9 Å². The molecular formula is C13H16N2OS2. The maximum Gasteiger partial charge on any atom is 0.242 e. The largest absolute Gasteiger partial charge is 0.347 e. The SMILES string of the molecule is Cc1ccc(C(C)NC(=O)C(N)c2cccs2)s1. The van der Waals surface area contributed by atoms with Gasteiger partial charge in [0, 0.05) is 14.6 Å². The molecule has 2 aromatic rings. The van der Waals surface area contributed by atoms with Gasteiger partial charge >= 0.3 is 0 Å². The third kappa shape index (κ3) is 2.98. The van der Waals surface area contributed by atoms with E-state index in [0.717, 1.165) is 9.75 Å². The first-order valence-electron chi connectivity index (χ1n) is 5.73. The average molecular weight is 280 g/mol. The number of amides is 1. The summed E-state index contributed by atoms with van der Waals surface area (Å²) in [5, 5.41) is 4.88. The number of hydrogen-bond acceptors (Lipinski definition) is 4. The number of thiophene rings is 2. The van der Waals surface area contributed by atoms with E-state index < -0.39 is 6.04 Å². The Morgan fingerprint density at radius 1 is 1.33 bits per heavy atom. The highest BCUT2D eigenvalue weighted by atomic mass is 32.1. The summed E-state index contributed by atoms with van der Waals surface area (Å²) in [4.78, 5) is 15.3. The second-order valence-corrected chi connectivity index (χ2v) is 6.47. The molecule has 0 spiro atoms. The molecule has 0 saturated heterocycles. The lowest BCUT2D eigenvalue weighted by atomic mass is 10.2. The first-order chi connectivity index (χ1) is 8.58. The van der Waals surface area contributed by atoms with Crippen molar-refractivity contribution in [1.29, 1.82) is 0 Å². The van der Waals surface area contributed by atoms with E-state index in [4.69, 9.17) is 5.73 Å². The van der Waals surface area contributed by atoms with E-state index in [0.29, 0.717) is 0 Å². The Bertz CT molecular complexity index is 519. The molecule has 0 saturated carbocycles. The van der Waals surface area contributed by atoms with Gasteiger partial charge in [-0.2, -0.15) is 0 Å². The zero-order valence-corrected chi connectivity index (χ0v) is 12.0. The topological polar surface area (TPSA) is 55.1 Å². The normalized spacial score (nSPS) is 14.2. The molecule has 0 aliphatic heterocycles. The highest BCUT2D eigenvalue weighted by Crippen LogP contribution is 2.23. The van der Waals surface area contributed by atoms with Gasteiger partial charge in [0.1, 0.15) is 6.04 Å². The number of nitrogens with one attached hydrogen (secondary N) is 1. The molecule has 0 aliphatic carbocycles. The Balaban J connectivity index is 1.99. The number of aryl methyl sites for hydroxylation is 1. The second-order valence-electron chi connectivity index (χ2n) is 4.17. The fraction of sp³-hybridized carbons (Fsp3) is 0.308. The van der Waals surface area contributed by atoms with Gasteiger partial charge in [0.05, 0.1) is 6.04 Å². The second kappa shape index (κ2) is 5.65. The zero-order chi connectivity index (χ0) is 13.1. The van der Waals surface area contributed by atoms with E-state index >= 15 is 0 Å². The van der Waals surface area contributed by atoms with Gasteiger partial charge in [0.25, 0.3) is 0 Å². The summed E-state index contributed by atoms with van der Waals surface area (Å²) in [6.07, 6.45) is 0. The van der Waals surface area contributed by atoms with Crippen LogP contribution in [0.15, 0.2) is 29.6 Å². The van der Waals surface area contributed by atoms with Crippen LogP contribution in [-0.4, -0.2) is 5.91 Å². The van der Waals surface area contributed by atoms with Crippen LogP contribution in [-0.2, 0) is 4.79 Å². The average Bonchev–Trinajstić information content (AvgIpc) is 2.98. The maximum atomic E-state index is 12.0.